The average molecular weight is 534 g/mol. The van der Waals surface area contributed by atoms with Crippen LogP contribution in [0, 0.1) is 5.92 Å². The summed E-state index contributed by atoms with van der Waals surface area (Å²) in [5.41, 5.74) is -0.0887. The zero-order valence-corrected chi connectivity index (χ0v) is 23.8. The summed E-state index contributed by atoms with van der Waals surface area (Å²) in [5, 5.41) is 22.6. The highest BCUT2D eigenvalue weighted by Crippen LogP contribution is 2.63. The second-order valence-corrected chi connectivity index (χ2v) is 12.5. The van der Waals surface area contributed by atoms with E-state index in [0.29, 0.717) is 31.1 Å². The van der Waals surface area contributed by atoms with Gasteiger partial charge in [-0.2, -0.15) is 0 Å². The molecule has 1 aromatic rings. The molecule has 2 N–H and O–H groups in total. The number of benzene rings is 1. The van der Waals surface area contributed by atoms with Gasteiger partial charge in [0, 0.05) is 25.3 Å². The Morgan fingerprint density at radius 1 is 1.24 bits per heavy atom. The van der Waals surface area contributed by atoms with Gasteiger partial charge in [-0.25, -0.2) is 0 Å². The summed E-state index contributed by atoms with van der Waals surface area (Å²) < 4.78 is 30.1. The number of methoxy groups -OCH3 is 1. The molecule has 2 aliphatic heterocycles. The minimum atomic E-state index is -1.02. The van der Waals surface area contributed by atoms with Crippen LogP contribution in [0.4, 0.5) is 0 Å². The third-order valence-corrected chi connectivity index (χ3v) is 9.62. The lowest BCUT2D eigenvalue weighted by Crippen LogP contribution is -2.74. The Morgan fingerprint density at radius 2 is 2.03 bits per heavy atom. The van der Waals surface area contributed by atoms with Crippen LogP contribution in [0.2, 0.25) is 0 Å². The molecule has 8 nitrogen and oxygen atoms in total. The van der Waals surface area contributed by atoms with Crippen molar-refractivity contribution >= 4 is 0 Å². The van der Waals surface area contributed by atoms with Crippen LogP contribution in [-0.4, -0.2) is 91.4 Å². The van der Waals surface area contributed by atoms with Crippen LogP contribution in [0.15, 0.2) is 12.1 Å². The maximum atomic E-state index is 12.6. The van der Waals surface area contributed by atoms with Gasteiger partial charge >= 0.3 is 0 Å². The zero-order chi connectivity index (χ0) is 27.1. The quantitative estimate of drug-likeness (QED) is 0.295. The van der Waals surface area contributed by atoms with Gasteiger partial charge in [-0.05, 0) is 77.0 Å². The fourth-order valence-electron chi connectivity index (χ4n) is 7.32. The number of aliphatic hydroxyl groups is 2. The smallest absolute Gasteiger partial charge is 0.189 e. The molecule has 1 spiro atoms. The van der Waals surface area contributed by atoms with Gasteiger partial charge in [0.15, 0.2) is 18.3 Å². The van der Waals surface area contributed by atoms with Crippen molar-refractivity contribution in [2.24, 2.45) is 5.92 Å². The monoisotopic (exact) mass is 533 g/mol. The van der Waals surface area contributed by atoms with Gasteiger partial charge in [0.05, 0.1) is 42.5 Å². The minimum absolute atomic E-state index is 0.00824. The van der Waals surface area contributed by atoms with Crippen LogP contribution < -0.4 is 9.47 Å². The molecule has 8 heteroatoms. The molecule has 0 aromatic heterocycles. The first-order valence-corrected chi connectivity index (χ1v) is 14.5. The van der Waals surface area contributed by atoms with Gasteiger partial charge in [-0.3, -0.25) is 4.90 Å². The predicted octanol–water partition coefficient (Wildman–Crippen LogP) is 3.43. The van der Waals surface area contributed by atoms with Crippen molar-refractivity contribution in [3.05, 3.63) is 23.3 Å². The molecule has 38 heavy (non-hydrogen) atoms. The lowest BCUT2D eigenvalue weighted by molar-refractivity contribution is -0.197. The van der Waals surface area contributed by atoms with Gasteiger partial charge in [0.1, 0.15) is 6.10 Å². The number of aliphatic hydroxyl groups excluding tert-OH is 1. The Kier molecular flexibility index (Phi) is 8.04. The molecule has 2 unspecified atom stereocenters. The molecule has 214 valence electrons. The number of nitrogens with zero attached hydrogens (tertiary/aromatic N) is 1. The Hall–Kier alpha value is -1.42. The fraction of sp³-hybridized carbons (Fsp3) is 0.800. The fourth-order valence-corrected chi connectivity index (χ4v) is 7.32. The molecular weight excluding hydrogens is 486 g/mol. The first kappa shape index (κ1) is 28.1. The largest absolute Gasteiger partial charge is 0.482 e. The first-order chi connectivity index (χ1) is 18.2. The van der Waals surface area contributed by atoms with Crippen molar-refractivity contribution in [2.45, 2.75) is 101 Å². The molecule has 1 saturated carbocycles. The molecule has 5 atom stereocenters. The topological polar surface area (TPSA) is 89.9 Å². The Bertz CT molecular complexity index is 978. The number of ether oxygens (including phenoxy) is 5. The number of rotatable bonds is 13. The normalized spacial score (nSPS) is 31.4. The predicted molar refractivity (Wildman–Crippen MR) is 144 cm³/mol. The van der Waals surface area contributed by atoms with Crippen LogP contribution in [0.5, 0.6) is 11.5 Å². The van der Waals surface area contributed by atoms with Crippen molar-refractivity contribution in [1.29, 1.82) is 0 Å². The summed E-state index contributed by atoms with van der Waals surface area (Å²) in [5.74, 6) is 2.07. The maximum absolute atomic E-state index is 12.6. The van der Waals surface area contributed by atoms with Crippen molar-refractivity contribution in [2.75, 3.05) is 46.8 Å². The van der Waals surface area contributed by atoms with E-state index in [9.17, 15) is 10.2 Å². The molecule has 2 heterocycles. The van der Waals surface area contributed by atoms with Crippen molar-refractivity contribution in [3.63, 3.8) is 0 Å². The van der Waals surface area contributed by atoms with Crippen LogP contribution >= 0.6 is 0 Å². The van der Waals surface area contributed by atoms with E-state index in [1.54, 1.807) is 7.11 Å². The van der Waals surface area contributed by atoms with Gasteiger partial charge in [-0.1, -0.05) is 19.4 Å². The summed E-state index contributed by atoms with van der Waals surface area (Å²) in [4.78, 5) is 2.54. The second kappa shape index (κ2) is 10.9. The molecular formula is C30H47NO7. The summed E-state index contributed by atoms with van der Waals surface area (Å²) in [6, 6.07) is 4.14. The Morgan fingerprint density at radius 3 is 2.68 bits per heavy atom. The van der Waals surface area contributed by atoms with Gasteiger partial charge in [0.2, 0.25) is 0 Å². The lowest BCUT2D eigenvalue weighted by Gasteiger charge is -2.61. The van der Waals surface area contributed by atoms with Crippen LogP contribution in [0.3, 0.4) is 0 Å². The average Bonchev–Trinajstić information content (AvgIpc) is 3.21. The highest BCUT2D eigenvalue weighted by atomic mass is 16.7. The van der Waals surface area contributed by atoms with Crippen molar-refractivity contribution in [1.82, 2.24) is 4.90 Å². The van der Waals surface area contributed by atoms with E-state index in [-0.39, 0.29) is 25.5 Å². The Balaban J connectivity index is 1.53. The van der Waals surface area contributed by atoms with Crippen molar-refractivity contribution in [3.8, 4) is 11.5 Å². The molecule has 5 rings (SSSR count). The maximum Gasteiger partial charge on any atom is 0.189 e. The number of fused-ring (bicyclic) bond motifs is 1. The number of likely N-dealkylation sites (tertiary alicyclic amines) is 1. The summed E-state index contributed by atoms with van der Waals surface area (Å²) in [7, 11) is 1.64. The van der Waals surface area contributed by atoms with Crippen LogP contribution in [-0.2, 0) is 26.0 Å². The van der Waals surface area contributed by atoms with E-state index < -0.39 is 22.7 Å². The van der Waals surface area contributed by atoms with Gasteiger partial charge < -0.3 is 33.9 Å². The molecule has 2 bridgehead atoms. The van der Waals surface area contributed by atoms with Crippen LogP contribution in [0.1, 0.15) is 70.9 Å². The molecule has 1 aromatic carbocycles. The first-order valence-electron chi connectivity index (χ1n) is 14.5. The molecule has 2 aliphatic carbocycles. The van der Waals surface area contributed by atoms with E-state index in [1.165, 1.54) is 24.8 Å². The number of piperidine rings is 1. The van der Waals surface area contributed by atoms with E-state index in [1.807, 2.05) is 26.8 Å². The van der Waals surface area contributed by atoms with E-state index >= 15 is 0 Å². The van der Waals surface area contributed by atoms with Gasteiger partial charge in [-0.15, -0.1) is 0 Å². The summed E-state index contributed by atoms with van der Waals surface area (Å²) in [6.45, 7) is 10.8. The Labute approximate surface area is 227 Å². The molecule has 2 fully saturated rings. The zero-order valence-electron chi connectivity index (χ0n) is 23.8. The molecule has 4 aliphatic rings. The standard InChI is InChI=1S/C30H47NO7/c1-6-22(38-28(2,3)18-32)27-30-12-13-31(17-20-8-7-9-20)24(29(30,4)33)16-21-10-11-23(26(37-27)25(21)30)36-19-35-15-14-34-5/h10-11,20,22,24,27,32-33H,6-9,12-19H2,1-5H3/t22?,24-,27?,29-,30+/m1/s1. The SMILES string of the molecule is CCC(OC(C)(C)CO)C1Oc2c(OCOCCOC)ccc3c2[C@@]12CCN(CC1CCC1)[C@H](C3)[C@@]2(C)O. The second-order valence-electron chi connectivity index (χ2n) is 12.5. The molecule has 1 saturated heterocycles. The minimum Gasteiger partial charge on any atom is -0.482 e. The van der Waals surface area contributed by atoms with E-state index in [2.05, 4.69) is 17.9 Å². The summed E-state index contributed by atoms with van der Waals surface area (Å²) >= 11 is 0. The molecule has 0 amide bonds. The van der Waals surface area contributed by atoms with Crippen molar-refractivity contribution < 1.29 is 33.9 Å². The summed E-state index contributed by atoms with van der Waals surface area (Å²) in [6.07, 6.45) is 5.44. The van der Waals surface area contributed by atoms with E-state index in [0.717, 1.165) is 37.4 Å². The van der Waals surface area contributed by atoms with Crippen LogP contribution in [0.25, 0.3) is 0 Å². The highest BCUT2D eigenvalue weighted by molar-refractivity contribution is 5.62. The third-order valence-electron chi connectivity index (χ3n) is 9.62. The lowest BCUT2D eigenvalue weighted by atomic mass is 9.52. The highest BCUT2D eigenvalue weighted by Gasteiger charge is 2.69. The molecule has 0 radical (unpaired) electrons. The third kappa shape index (κ3) is 4.65. The number of hydrogen-bond donors (Lipinski definition) is 2. The van der Waals surface area contributed by atoms with Gasteiger partial charge in [0.25, 0.3) is 0 Å². The number of hydrogen-bond acceptors (Lipinski definition) is 8. The van der Waals surface area contributed by atoms with E-state index in [4.69, 9.17) is 23.7 Å².